The number of hydrogen-bond donors (Lipinski definition) is 2. The summed E-state index contributed by atoms with van der Waals surface area (Å²) in [5, 5.41) is 0. The van der Waals surface area contributed by atoms with Crippen LogP contribution in [-0.2, 0) is 10.0 Å². The van der Waals surface area contributed by atoms with Crippen LogP contribution in [0.15, 0.2) is 23.1 Å². The highest BCUT2D eigenvalue weighted by Crippen LogP contribution is 2.22. The summed E-state index contributed by atoms with van der Waals surface area (Å²) < 4.78 is 39.7. The first-order valence-corrected chi connectivity index (χ1v) is 7.10. The number of anilines is 1. The van der Waals surface area contributed by atoms with Crippen LogP contribution in [0.2, 0.25) is 0 Å². The summed E-state index contributed by atoms with van der Waals surface area (Å²) in [7, 11) is -3.68. The molecule has 0 aromatic heterocycles. The molecule has 6 heteroatoms. The third-order valence-corrected chi connectivity index (χ3v) is 4.45. The van der Waals surface area contributed by atoms with Gasteiger partial charge < -0.3 is 5.73 Å². The summed E-state index contributed by atoms with van der Waals surface area (Å²) in [5.74, 6) is -0.627. The highest BCUT2D eigenvalue weighted by molar-refractivity contribution is 7.89. The summed E-state index contributed by atoms with van der Waals surface area (Å²) in [6.07, 6.45) is 0. The lowest BCUT2D eigenvalue weighted by molar-refractivity contribution is 0.317. The van der Waals surface area contributed by atoms with Gasteiger partial charge in [-0.3, -0.25) is 0 Å². The molecule has 0 radical (unpaired) electrons. The maximum Gasteiger partial charge on any atom is 0.240 e. The molecule has 1 atom stereocenters. The second kappa shape index (κ2) is 4.85. The van der Waals surface area contributed by atoms with Gasteiger partial charge in [0.2, 0.25) is 10.0 Å². The van der Waals surface area contributed by atoms with Gasteiger partial charge in [-0.2, -0.15) is 0 Å². The standard InChI is InChI=1S/C12H19FN2O2S/c1-8(12(2,3)4)15-18(16,17)9-5-6-10(13)11(14)7-9/h5-8,15H,14H2,1-4H3. The molecule has 0 aliphatic rings. The molecule has 0 saturated heterocycles. The van der Waals surface area contributed by atoms with Crippen LogP contribution in [0.4, 0.5) is 10.1 Å². The number of nitrogen functional groups attached to an aromatic ring is 1. The van der Waals surface area contributed by atoms with Crippen molar-refractivity contribution in [3.8, 4) is 0 Å². The smallest absolute Gasteiger partial charge is 0.240 e. The molecule has 1 aromatic carbocycles. The predicted molar refractivity (Wildman–Crippen MR) is 70.1 cm³/mol. The van der Waals surface area contributed by atoms with E-state index >= 15 is 0 Å². The van der Waals surface area contributed by atoms with Crippen molar-refractivity contribution in [2.24, 2.45) is 5.41 Å². The van der Waals surface area contributed by atoms with Crippen LogP contribution in [-0.4, -0.2) is 14.5 Å². The Morgan fingerprint density at radius 2 is 1.89 bits per heavy atom. The molecule has 0 aliphatic carbocycles. The lowest BCUT2D eigenvalue weighted by Gasteiger charge is -2.27. The van der Waals surface area contributed by atoms with Gasteiger partial charge in [-0.25, -0.2) is 17.5 Å². The van der Waals surface area contributed by atoms with Crippen LogP contribution in [0.25, 0.3) is 0 Å². The predicted octanol–water partition coefficient (Wildman–Crippen LogP) is 2.12. The molecule has 3 N–H and O–H groups in total. The molecule has 1 unspecified atom stereocenters. The van der Waals surface area contributed by atoms with Crippen LogP contribution >= 0.6 is 0 Å². The molecule has 1 aromatic rings. The monoisotopic (exact) mass is 274 g/mol. The van der Waals surface area contributed by atoms with Gasteiger partial charge in [-0.1, -0.05) is 20.8 Å². The number of rotatable bonds is 3. The highest BCUT2D eigenvalue weighted by atomic mass is 32.2. The summed E-state index contributed by atoms with van der Waals surface area (Å²) in [4.78, 5) is -0.0301. The second-order valence-corrected chi connectivity index (χ2v) is 7.11. The Morgan fingerprint density at radius 3 is 2.33 bits per heavy atom. The minimum atomic E-state index is -3.68. The second-order valence-electron chi connectivity index (χ2n) is 5.39. The van der Waals surface area contributed by atoms with E-state index in [2.05, 4.69) is 4.72 Å². The lowest BCUT2D eigenvalue weighted by Crippen LogP contribution is -2.41. The molecule has 0 heterocycles. The molecular formula is C12H19FN2O2S. The zero-order chi connectivity index (χ0) is 14.1. The summed E-state index contributed by atoms with van der Waals surface area (Å²) in [6.45, 7) is 7.57. The van der Waals surface area contributed by atoms with E-state index in [9.17, 15) is 12.8 Å². The number of halogens is 1. The van der Waals surface area contributed by atoms with Crippen LogP contribution in [0.1, 0.15) is 27.7 Å². The van der Waals surface area contributed by atoms with Crippen molar-refractivity contribution in [3.63, 3.8) is 0 Å². The van der Waals surface area contributed by atoms with Gasteiger partial charge in [0.05, 0.1) is 10.6 Å². The van der Waals surface area contributed by atoms with Gasteiger partial charge in [0.1, 0.15) is 5.82 Å². The Kier molecular flexibility index (Phi) is 4.02. The summed E-state index contributed by atoms with van der Waals surface area (Å²) in [5.41, 5.74) is 4.98. The average Bonchev–Trinajstić information content (AvgIpc) is 2.19. The molecule has 0 spiro atoms. The Morgan fingerprint density at radius 1 is 1.33 bits per heavy atom. The van der Waals surface area contributed by atoms with Crippen LogP contribution < -0.4 is 10.5 Å². The van der Waals surface area contributed by atoms with E-state index in [4.69, 9.17) is 5.73 Å². The molecule has 0 fully saturated rings. The van der Waals surface area contributed by atoms with Gasteiger partial charge in [-0.15, -0.1) is 0 Å². The largest absolute Gasteiger partial charge is 0.396 e. The Labute approximate surface area is 107 Å². The number of benzene rings is 1. The van der Waals surface area contributed by atoms with Crippen molar-refractivity contribution in [1.82, 2.24) is 4.72 Å². The van der Waals surface area contributed by atoms with Crippen molar-refractivity contribution in [2.75, 3.05) is 5.73 Å². The first kappa shape index (κ1) is 14.9. The number of nitrogens with two attached hydrogens (primary N) is 1. The zero-order valence-corrected chi connectivity index (χ0v) is 11.8. The van der Waals surface area contributed by atoms with Crippen molar-refractivity contribution in [3.05, 3.63) is 24.0 Å². The van der Waals surface area contributed by atoms with Crippen molar-refractivity contribution in [2.45, 2.75) is 38.6 Å². The quantitative estimate of drug-likeness (QED) is 0.829. The van der Waals surface area contributed by atoms with E-state index in [1.165, 1.54) is 6.07 Å². The normalized spacial score (nSPS) is 14.5. The Balaban J connectivity index is 3.04. The minimum Gasteiger partial charge on any atom is -0.396 e. The molecular weight excluding hydrogens is 255 g/mol. The van der Waals surface area contributed by atoms with Crippen molar-refractivity contribution < 1.29 is 12.8 Å². The van der Waals surface area contributed by atoms with Crippen LogP contribution in [0.5, 0.6) is 0 Å². The first-order chi connectivity index (χ1) is 8.04. The third-order valence-electron chi connectivity index (χ3n) is 2.91. The van der Waals surface area contributed by atoms with Gasteiger partial charge in [0, 0.05) is 6.04 Å². The third kappa shape index (κ3) is 3.43. The molecule has 0 aliphatic heterocycles. The van der Waals surface area contributed by atoms with E-state index in [0.717, 1.165) is 12.1 Å². The van der Waals surface area contributed by atoms with Crippen LogP contribution in [0.3, 0.4) is 0 Å². The Bertz CT molecular complexity index is 535. The Hall–Kier alpha value is -1.14. The highest BCUT2D eigenvalue weighted by Gasteiger charge is 2.26. The number of sulfonamides is 1. The fraction of sp³-hybridized carbons (Fsp3) is 0.500. The molecule has 18 heavy (non-hydrogen) atoms. The molecule has 0 amide bonds. The number of hydrogen-bond acceptors (Lipinski definition) is 3. The molecule has 1 rings (SSSR count). The van der Waals surface area contributed by atoms with E-state index < -0.39 is 15.8 Å². The SMILES string of the molecule is CC(NS(=O)(=O)c1ccc(F)c(N)c1)C(C)(C)C. The summed E-state index contributed by atoms with van der Waals surface area (Å²) in [6, 6.07) is 3.11. The first-order valence-electron chi connectivity index (χ1n) is 5.61. The topological polar surface area (TPSA) is 72.2 Å². The fourth-order valence-electron chi connectivity index (χ4n) is 1.17. The van der Waals surface area contributed by atoms with E-state index in [-0.39, 0.29) is 22.0 Å². The molecule has 102 valence electrons. The van der Waals surface area contributed by atoms with Gasteiger partial charge >= 0.3 is 0 Å². The van der Waals surface area contributed by atoms with Gasteiger partial charge in [0.15, 0.2) is 0 Å². The number of nitrogens with one attached hydrogen (secondary N) is 1. The molecule has 0 saturated carbocycles. The van der Waals surface area contributed by atoms with Gasteiger partial charge in [0.25, 0.3) is 0 Å². The lowest BCUT2D eigenvalue weighted by atomic mass is 9.89. The van der Waals surface area contributed by atoms with Crippen molar-refractivity contribution >= 4 is 15.7 Å². The van der Waals surface area contributed by atoms with E-state index in [0.29, 0.717) is 0 Å². The average molecular weight is 274 g/mol. The maximum absolute atomic E-state index is 13.0. The van der Waals surface area contributed by atoms with E-state index in [1.807, 2.05) is 20.8 Å². The van der Waals surface area contributed by atoms with E-state index in [1.54, 1.807) is 6.92 Å². The van der Waals surface area contributed by atoms with Crippen molar-refractivity contribution in [1.29, 1.82) is 0 Å². The minimum absolute atomic E-state index is 0.0301. The zero-order valence-electron chi connectivity index (χ0n) is 11.0. The molecule has 0 bridgehead atoms. The molecule has 4 nitrogen and oxygen atoms in total. The maximum atomic E-state index is 13.0. The van der Waals surface area contributed by atoms with Gasteiger partial charge in [-0.05, 0) is 30.5 Å². The van der Waals surface area contributed by atoms with Crippen LogP contribution in [0, 0.1) is 11.2 Å². The fourth-order valence-corrected chi connectivity index (χ4v) is 2.65. The summed E-state index contributed by atoms with van der Waals surface area (Å²) >= 11 is 0.